The summed E-state index contributed by atoms with van der Waals surface area (Å²) in [6.45, 7) is 14.5. The Morgan fingerprint density at radius 3 is 1.74 bits per heavy atom. The van der Waals surface area contributed by atoms with Gasteiger partial charge >= 0.3 is 11.9 Å². The quantitative estimate of drug-likeness (QED) is 0.103. The van der Waals surface area contributed by atoms with Crippen molar-refractivity contribution in [2.24, 2.45) is 5.73 Å². The fourth-order valence-corrected chi connectivity index (χ4v) is 4.26. The van der Waals surface area contributed by atoms with Crippen molar-refractivity contribution in [3.05, 3.63) is 71.8 Å². The molecule has 46 heavy (non-hydrogen) atoms. The van der Waals surface area contributed by atoms with Gasteiger partial charge in [-0.25, -0.2) is 9.59 Å². The summed E-state index contributed by atoms with van der Waals surface area (Å²) < 4.78 is 10.8. The van der Waals surface area contributed by atoms with E-state index >= 15 is 0 Å². The van der Waals surface area contributed by atoms with Gasteiger partial charge in [0.2, 0.25) is 22.8 Å². The summed E-state index contributed by atoms with van der Waals surface area (Å²) >= 11 is 4.85. The molecule has 11 nitrogen and oxygen atoms in total. The second-order valence-corrected chi connectivity index (χ2v) is 9.93. The minimum atomic E-state index is -1.04. The summed E-state index contributed by atoms with van der Waals surface area (Å²) in [5.41, 5.74) is 5.19. The zero-order chi connectivity index (χ0) is 35.7. The van der Waals surface area contributed by atoms with Gasteiger partial charge in [-0.2, -0.15) is 12.6 Å². The molecular formula is C33H47N3O8S2. The molecule has 0 fully saturated rings. The van der Waals surface area contributed by atoms with E-state index in [2.05, 4.69) is 23.3 Å². The van der Waals surface area contributed by atoms with Crippen LogP contribution in [0.3, 0.4) is 0 Å². The molecule has 0 aliphatic rings. The van der Waals surface area contributed by atoms with Crippen molar-refractivity contribution < 1.29 is 38.2 Å². The van der Waals surface area contributed by atoms with Gasteiger partial charge in [-0.15, -0.1) is 0 Å². The third-order valence-corrected chi connectivity index (χ3v) is 6.49. The lowest BCUT2D eigenvalue weighted by molar-refractivity contribution is -0.138. The normalized spacial score (nSPS) is 11.0. The number of benzene rings is 2. The lowest BCUT2D eigenvalue weighted by atomic mass is 10.2. The Bertz CT molecular complexity index is 1280. The van der Waals surface area contributed by atoms with E-state index in [1.54, 1.807) is 18.2 Å². The average Bonchev–Trinajstić information content (AvgIpc) is 3.04. The molecule has 0 aromatic heterocycles. The number of carbonyl (C=O) groups is 6. The van der Waals surface area contributed by atoms with E-state index in [1.165, 1.54) is 44.2 Å². The Labute approximate surface area is 281 Å². The SMILES string of the molecule is C/C=C\C.CC.CC.CC(=O)NC(CSC(=O)c1ccccc1OC(=O)c1ccccc1OC(=O)C(CS)NC(C)=O)CC(N)=O. The number of allylic oxidation sites excluding steroid dienone is 2. The summed E-state index contributed by atoms with van der Waals surface area (Å²) in [6.07, 6.45) is 3.85. The van der Waals surface area contributed by atoms with E-state index in [0.29, 0.717) is 0 Å². The van der Waals surface area contributed by atoms with E-state index < -0.39 is 41.0 Å². The Kier molecular flexibility index (Phi) is 25.0. The predicted molar refractivity (Wildman–Crippen MR) is 186 cm³/mol. The second-order valence-electron chi connectivity index (χ2n) is 8.57. The molecule has 254 valence electrons. The molecule has 0 spiro atoms. The number of nitrogens with one attached hydrogen (secondary N) is 2. The summed E-state index contributed by atoms with van der Waals surface area (Å²) in [5.74, 6) is -3.32. The highest BCUT2D eigenvalue weighted by molar-refractivity contribution is 8.14. The number of para-hydroxylation sites is 2. The molecule has 3 amide bonds. The summed E-state index contributed by atoms with van der Waals surface area (Å²) in [7, 11) is 0. The largest absolute Gasteiger partial charge is 0.424 e. The van der Waals surface area contributed by atoms with Crippen LogP contribution in [0.1, 0.15) is 82.5 Å². The van der Waals surface area contributed by atoms with Gasteiger partial charge in [-0.05, 0) is 38.1 Å². The van der Waals surface area contributed by atoms with Crippen LogP contribution in [-0.2, 0) is 19.2 Å². The Hall–Kier alpha value is -4.10. The van der Waals surface area contributed by atoms with Crippen molar-refractivity contribution in [1.29, 1.82) is 0 Å². The number of nitrogens with two attached hydrogens (primary N) is 1. The molecule has 0 saturated heterocycles. The van der Waals surface area contributed by atoms with E-state index in [1.807, 2.05) is 53.7 Å². The maximum atomic E-state index is 13.0. The van der Waals surface area contributed by atoms with Crippen molar-refractivity contribution >= 4 is 59.2 Å². The van der Waals surface area contributed by atoms with E-state index in [9.17, 15) is 28.8 Å². The molecule has 13 heteroatoms. The van der Waals surface area contributed by atoms with Gasteiger partial charge < -0.3 is 25.8 Å². The zero-order valence-electron chi connectivity index (χ0n) is 27.7. The molecule has 2 atom stereocenters. The van der Waals surface area contributed by atoms with Gasteiger partial charge in [0.25, 0.3) is 0 Å². The van der Waals surface area contributed by atoms with Crippen molar-refractivity contribution in [3.63, 3.8) is 0 Å². The molecule has 2 rings (SSSR count). The summed E-state index contributed by atoms with van der Waals surface area (Å²) in [6, 6.07) is 10.2. The van der Waals surface area contributed by atoms with Crippen LogP contribution in [0.15, 0.2) is 60.7 Å². The predicted octanol–water partition coefficient (Wildman–Crippen LogP) is 5.13. The number of primary amides is 1. The fourth-order valence-electron chi connectivity index (χ4n) is 3.14. The van der Waals surface area contributed by atoms with Crippen LogP contribution in [0, 0.1) is 0 Å². The van der Waals surface area contributed by atoms with Crippen molar-refractivity contribution in [2.45, 2.75) is 73.9 Å². The van der Waals surface area contributed by atoms with Crippen molar-refractivity contribution in [1.82, 2.24) is 10.6 Å². The third-order valence-electron chi connectivity index (χ3n) is 5.08. The molecule has 0 saturated carbocycles. The number of thiol groups is 1. The monoisotopic (exact) mass is 677 g/mol. The maximum Gasteiger partial charge on any atom is 0.347 e. The van der Waals surface area contributed by atoms with Crippen LogP contribution >= 0.6 is 24.4 Å². The van der Waals surface area contributed by atoms with Gasteiger partial charge in [-0.1, -0.05) is 75.9 Å². The molecule has 2 aromatic rings. The van der Waals surface area contributed by atoms with Gasteiger partial charge in [0.15, 0.2) is 0 Å². The number of amides is 3. The maximum absolute atomic E-state index is 13.0. The van der Waals surface area contributed by atoms with E-state index in [4.69, 9.17) is 15.2 Å². The van der Waals surface area contributed by atoms with Crippen LogP contribution in [0.2, 0.25) is 0 Å². The molecule has 0 bridgehead atoms. The van der Waals surface area contributed by atoms with Gasteiger partial charge in [0.05, 0.1) is 5.56 Å². The Balaban J connectivity index is 0. The van der Waals surface area contributed by atoms with Gasteiger partial charge in [0.1, 0.15) is 23.1 Å². The summed E-state index contributed by atoms with van der Waals surface area (Å²) in [4.78, 5) is 72.4. The first-order valence-electron chi connectivity index (χ1n) is 14.7. The highest BCUT2D eigenvalue weighted by Crippen LogP contribution is 2.27. The van der Waals surface area contributed by atoms with Crippen molar-refractivity contribution in [3.8, 4) is 11.5 Å². The van der Waals surface area contributed by atoms with E-state index in [-0.39, 0.29) is 46.5 Å². The number of hydrogen-bond donors (Lipinski definition) is 4. The molecule has 4 N–H and O–H groups in total. The third kappa shape index (κ3) is 18.0. The zero-order valence-corrected chi connectivity index (χ0v) is 29.5. The standard InChI is InChI=1S/C25H27N3O8S2.C4H8.2C2H6/c1-14(29)27-16(11-22(26)31)13-38-25(34)18-8-4-6-10-21(18)35-23(32)17-7-3-5-9-20(17)36-24(33)19(12-37)28-15(2)30;1-3-4-2;2*1-2/h3-10,16,19,37H,11-13H2,1-2H3,(H2,26,31)(H,27,29)(H,28,30);3-4H,1-2H3;2*1-2H3/b;4-3-;;. The molecule has 2 unspecified atom stereocenters. The lowest BCUT2D eigenvalue weighted by Crippen LogP contribution is -2.43. The fraction of sp³-hybridized carbons (Fsp3) is 0.394. The topological polar surface area (TPSA) is 171 Å². The molecule has 0 heterocycles. The number of hydrogen-bond acceptors (Lipinski definition) is 10. The first-order chi connectivity index (χ1) is 21.9. The Morgan fingerprint density at radius 2 is 1.28 bits per heavy atom. The van der Waals surface area contributed by atoms with Crippen LogP contribution < -0.4 is 25.8 Å². The highest BCUT2D eigenvalue weighted by atomic mass is 32.2. The number of esters is 2. The summed E-state index contributed by atoms with van der Waals surface area (Å²) in [5, 5.41) is 4.49. The second kappa shape index (κ2) is 26.1. The Morgan fingerprint density at radius 1 is 0.804 bits per heavy atom. The smallest absolute Gasteiger partial charge is 0.347 e. The lowest BCUT2D eigenvalue weighted by Gasteiger charge is -2.16. The van der Waals surface area contributed by atoms with Gasteiger partial charge in [0, 0.05) is 37.8 Å². The molecular weight excluding hydrogens is 631 g/mol. The van der Waals surface area contributed by atoms with Crippen LogP contribution in [0.4, 0.5) is 0 Å². The molecule has 0 aliphatic heterocycles. The first kappa shape index (κ1) is 44.0. The van der Waals surface area contributed by atoms with Crippen LogP contribution in [-0.4, -0.2) is 58.4 Å². The molecule has 0 radical (unpaired) electrons. The van der Waals surface area contributed by atoms with Crippen LogP contribution in [0.25, 0.3) is 0 Å². The van der Waals surface area contributed by atoms with Gasteiger partial charge in [-0.3, -0.25) is 19.2 Å². The van der Waals surface area contributed by atoms with Crippen LogP contribution in [0.5, 0.6) is 11.5 Å². The van der Waals surface area contributed by atoms with Crippen molar-refractivity contribution in [2.75, 3.05) is 11.5 Å². The number of thioether (sulfide) groups is 1. The highest BCUT2D eigenvalue weighted by Gasteiger charge is 2.25. The molecule has 0 aliphatic carbocycles. The average molecular weight is 678 g/mol. The minimum Gasteiger partial charge on any atom is -0.424 e. The number of carbonyl (C=O) groups excluding carboxylic acids is 6. The van der Waals surface area contributed by atoms with E-state index in [0.717, 1.165) is 11.8 Å². The molecule has 2 aromatic carbocycles. The minimum absolute atomic E-state index is 0.0274. The number of rotatable bonds is 12. The number of ether oxygens (including phenoxy) is 2. The first-order valence-corrected chi connectivity index (χ1v) is 16.3.